The number of nitrogens with one attached hydrogen (secondary N) is 1. The number of aldehydes is 1. The number of allylic oxidation sites excluding steroid dienone is 1. The predicted octanol–water partition coefficient (Wildman–Crippen LogP) is 4.97. The van der Waals surface area contributed by atoms with Crippen LogP contribution in [0.25, 0.3) is 23.5 Å². The van der Waals surface area contributed by atoms with Crippen molar-refractivity contribution in [1.82, 2.24) is 0 Å². The van der Waals surface area contributed by atoms with E-state index in [1.54, 1.807) is 31.2 Å². The summed E-state index contributed by atoms with van der Waals surface area (Å²) in [7, 11) is 0. The van der Waals surface area contributed by atoms with Crippen molar-refractivity contribution in [2.75, 3.05) is 18.5 Å². The van der Waals surface area contributed by atoms with Crippen molar-refractivity contribution in [2.24, 2.45) is 0 Å². The summed E-state index contributed by atoms with van der Waals surface area (Å²) in [6.07, 6.45) is 5.16. The van der Waals surface area contributed by atoms with Crippen molar-refractivity contribution in [2.45, 2.75) is 33.1 Å². The number of hydrogen-bond donors (Lipinski definition) is 2. The number of anilines is 1. The topological polar surface area (TPSA) is 102 Å². The van der Waals surface area contributed by atoms with Crippen LogP contribution in [0.2, 0.25) is 0 Å². The van der Waals surface area contributed by atoms with Gasteiger partial charge >= 0.3 is 5.97 Å². The van der Waals surface area contributed by atoms with Crippen LogP contribution in [-0.2, 0) is 16.0 Å². The van der Waals surface area contributed by atoms with E-state index in [1.807, 2.05) is 44.2 Å². The van der Waals surface area contributed by atoms with Gasteiger partial charge in [0.05, 0.1) is 17.7 Å². The summed E-state index contributed by atoms with van der Waals surface area (Å²) >= 11 is 0. The van der Waals surface area contributed by atoms with Crippen molar-refractivity contribution in [3.8, 4) is 17.1 Å². The van der Waals surface area contributed by atoms with Crippen molar-refractivity contribution < 1.29 is 28.3 Å². The average Bonchev–Trinajstić information content (AvgIpc) is 3.68. The standard InChI is InChI=1S/C33H29NO6/c1-4-38-33(37)29-19(3)13-27-31(30(29)22-8-7-20-11-12-34-25(20)15-22)32(36)28(40-27)16-24-9-10-26(39-24)21-6-5-18(2)23(14-21)17-35/h5-10,13-17,30,34,36H,4,11-12H2,1-3H3. The fraction of sp³-hybridized carbons (Fsp3) is 0.212. The molecule has 202 valence electrons. The molecule has 3 heterocycles. The monoisotopic (exact) mass is 535 g/mol. The van der Waals surface area contributed by atoms with Gasteiger partial charge in [0.25, 0.3) is 0 Å². The maximum absolute atomic E-state index is 13.2. The van der Waals surface area contributed by atoms with E-state index in [4.69, 9.17) is 13.6 Å². The highest BCUT2D eigenvalue weighted by molar-refractivity contribution is 5.95. The number of benzene rings is 2. The summed E-state index contributed by atoms with van der Waals surface area (Å²) in [5.74, 6) is 0.00479. The van der Waals surface area contributed by atoms with Crippen LogP contribution in [0.4, 0.5) is 5.69 Å². The van der Waals surface area contributed by atoms with Crippen LogP contribution in [0, 0.1) is 6.92 Å². The zero-order chi connectivity index (χ0) is 28.0. The molecule has 2 N–H and O–H groups in total. The minimum atomic E-state index is -0.570. The van der Waals surface area contributed by atoms with Gasteiger partial charge in [-0.3, -0.25) is 4.79 Å². The van der Waals surface area contributed by atoms with Gasteiger partial charge in [-0.2, -0.15) is 0 Å². The molecule has 1 aliphatic carbocycles. The second-order valence-corrected chi connectivity index (χ2v) is 10.1. The maximum atomic E-state index is 13.2. The number of rotatable bonds is 6. The zero-order valence-corrected chi connectivity index (χ0v) is 22.5. The third kappa shape index (κ3) is 4.33. The molecule has 0 bridgehead atoms. The molecule has 0 fully saturated rings. The lowest BCUT2D eigenvalue weighted by atomic mass is 9.79. The lowest BCUT2D eigenvalue weighted by Gasteiger charge is -2.24. The molecular weight excluding hydrogens is 506 g/mol. The molecule has 0 radical (unpaired) electrons. The van der Waals surface area contributed by atoms with Crippen LogP contribution in [0.3, 0.4) is 0 Å². The average molecular weight is 536 g/mol. The van der Waals surface area contributed by atoms with Crippen LogP contribution in [0.5, 0.6) is 5.75 Å². The van der Waals surface area contributed by atoms with Crippen LogP contribution in [0.1, 0.15) is 58.1 Å². The first-order valence-corrected chi connectivity index (χ1v) is 13.3. The Morgan fingerprint density at radius 2 is 1.98 bits per heavy atom. The molecule has 7 nitrogen and oxygen atoms in total. The van der Waals surface area contributed by atoms with Crippen LogP contribution in [-0.4, -0.2) is 30.5 Å². The van der Waals surface area contributed by atoms with Gasteiger partial charge in [-0.1, -0.05) is 24.3 Å². The number of carbonyl (C=O) groups excluding carboxylic acids is 2. The quantitative estimate of drug-likeness (QED) is 0.266. The third-order valence-electron chi connectivity index (χ3n) is 7.59. The number of ether oxygens (including phenoxy) is 1. The number of hydrogen-bond acceptors (Lipinski definition) is 7. The second kappa shape index (κ2) is 10.1. The molecule has 0 spiro atoms. The Balaban J connectivity index is 1.46. The largest absolute Gasteiger partial charge is 0.504 e. The number of carbonyl (C=O) groups is 2. The van der Waals surface area contributed by atoms with E-state index in [9.17, 15) is 14.7 Å². The number of furan rings is 2. The fourth-order valence-electron chi connectivity index (χ4n) is 5.55. The van der Waals surface area contributed by atoms with E-state index in [0.717, 1.165) is 47.2 Å². The molecule has 0 saturated carbocycles. The molecule has 1 atom stereocenters. The van der Waals surface area contributed by atoms with Gasteiger partial charge in [0.2, 0.25) is 0 Å². The third-order valence-corrected chi connectivity index (χ3v) is 7.59. The van der Waals surface area contributed by atoms with Gasteiger partial charge < -0.3 is 24.0 Å². The zero-order valence-electron chi connectivity index (χ0n) is 22.5. The molecule has 0 amide bonds. The minimum absolute atomic E-state index is 0.0597. The summed E-state index contributed by atoms with van der Waals surface area (Å²) in [6.45, 7) is 6.61. The molecule has 7 heteroatoms. The minimum Gasteiger partial charge on any atom is -0.504 e. The number of esters is 1. The Kier molecular flexibility index (Phi) is 6.42. The highest BCUT2D eigenvalue weighted by atomic mass is 16.5. The van der Waals surface area contributed by atoms with E-state index >= 15 is 0 Å². The Hall–Kier alpha value is -4.78. The molecule has 40 heavy (non-hydrogen) atoms. The molecule has 4 aromatic rings. The van der Waals surface area contributed by atoms with Crippen molar-refractivity contribution in [1.29, 1.82) is 0 Å². The van der Waals surface area contributed by atoms with Crippen LogP contribution in [0.15, 0.2) is 68.5 Å². The number of fused-ring (bicyclic) bond motifs is 2. The normalized spacial score (nSPS) is 16.3. The number of aromatic hydroxyl groups is 1. The Bertz CT molecular complexity index is 1820. The Morgan fingerprint density at radius 1 is 1.12 bits per heavy atom. The van der Waals surface area contributed by atoms with E-state index in [1.165, 1.54) is 5.56 Å². The molecular formula is C33H29NO6. The number of aryl methyl sites for hydroxylation is 1. The van der Waals surface area contributed by atoms with Gasteiger partial charge in [0.15, 0.2) is 11.2 Å². The lowest BCUT2D eigenvalue weighted by molar-refractivity contribution is -0.138. The van der Waals surface area contributed by atoms with Crippen LogP contribution >= 0.6 is 0 Å². The van der Waals surface area contributed by atoms with Gasteiger partial charge in [-0.25, -0.2) is 4.79 Å². The Labute approximate surface area is 231 Å². The van der Waals surface area contributed by atoms with Crippen molar-refractivity contribution in [3.63, 3.8) is 0 Å². The summed E-state index contributed by atoms with van der Waals surface area (Å²) < 4.78 is 17.6. The van der Waals surface area contributed by atoms with Crippen molar-refractivity contribution in [3.05, 3.63) is 104 Å². The molecule has 1 unspecified atom stereocenters. The fourth-order valence-corrected chi connectivity index (χ4v) is 5.55. The van der Waals surface area contributed by atoms with E-state index in [-0.39, 0.29) is 17.8 Å². The molecule has 2 aromatic heterocycles. The SMILES string of the molecule is CCOC(=O)C1=C(C)C=c2oc(=Cc3ccc(-c4ccc(C)c(C=O)c4)o3)c(O)c2C1c1ccc2c(c1)NCC2. The highest BCUT2D eigenvalue weighted by Crippen LogP contribution is 2.40. The van der Waals surface area contributed by atoms with Gasteiger partial charge in [0.1, 0.15) is 23.2 Å². The van der Waals surface area contributed by atoms with Gasteiger partial charge in [-0.15, -0.1) is 0 Å². The lowest BCUT2D eigenvalue weighted by Crippen LogP contribution is -2.24. The molecule has 2 aromatic carbocycles. The first-order valence-electron chi connectivity index (χ1n) is 13.3. The maximum Gasteiger partial charge on any atom is 0.335 e. The first-order chi connectivity index (χ1) is 19.4. The molecule has 1 aliphatic heterocycles. The summed E-state index contributed by atoms with van der Waals surface area (Å²) in [5.41, 5.74) is 7.77. The van der Waals surface area contributed by atoms with E-state index in [0.29, 0.717) is 33.6 Å². The van der Waals surface area contributed by atoms with Gasteiger partial charge in [-0.05, 0) is 79.8 Å². The first kappa shape index (κ1) is 25.5. The molecule has 2 aliphatic rings. The van der Waals surface area contributed by atoms with E-state index < -0.39 is 11.9 Å². The predicted molar refractivity (Wildman–Crippen MR) is 152 cm³/mol. The second-order valence-electron chi connectivity index (χ2n) is 10.1. The van der Waals surface area contributed by atoms with E-state index in [2.05, 4.69) is 11.4 Å². The van der Waals surface area contributed by atoms with Crippen molar-refractivity contribution >= 4 is 30.1 Å². The molecule has 0 saturated heterocycles. The summed E-state index contributed by atoms with van der Waals surface area (Å²) in [6, 6.07) is 15.2. The summed E-state index contributed by atoms with van der Waals surface area (Å²) in [5, 5.41) is 14.9. The molecule has 6 rings (SSSR count). The summed E-state index contributed by atoms with van der Waals surface area (Å²) in [4.78, 5) is 24.6. The van der Waals surface area contributed by atoms with Crippen LogP contribution < -0.4 is 16.1 Å². The highest BCUT2D eigenvalue weighted by Gasteiger charge is 2.35. The smallest absolute Gasteiger partial charge is 0.335 e. The Morgan fingerprint density at radius 3 is 2.77 bits per heavy atom. The van der Waals surface area contributed by atoms with Gasteiger partial charge in [0, 0.05) is 35.4 Å².